The van der Waals surface area contributed by atoms with E-state index in [2.05, 4.69) is 6.92 Å². The molecule has 0 radical (unpaired) electrons. The fourth-order valence-electron chi connectivity index (χ4n) is 2.33. The van der Waals surface area contributed by atoms with Gasteiger partial charge in [0.05, 0.1) is 0 Å². The molecule has 1 nitrogen and oxygen atoms in total. The van der Waals surface area contributed by atoms with Crippen molar-refractivity contribution in [2.24, 2.45) is 17.8 Å². The van der Waals surface area contributed by atoms with E-state index in [1.165, 1.54) is 6.92 Å². The molecular formula is C13H19F3O. The van der Waals surface area contributed by atoms with Gasteiger partial charge in [0.25, 0.3) is 0 Å². The molecular weight excluding hydrogens is 229 g/mol. The summed E-state index contributed by atoms with van der Waals surface area (Å²) in [5.41, 5.74) is 0. The van der Waals surface area contributed by atoms with Gasteiger partial charge >= 0.3 is 6.18 Å². The van der Waals surface area contributed by atoms with Gasteiger partial charge in [0.2, 0.25) is 5.78 Å². The molecule has 0 spiro atoms. The molecule has 0 bridgehead atoms. The van der Waals surface area contributed by atoms with Crippen LogP contribution in [0.1, 0.15) is 39.5 Å². The largest absolute Gasteiger partial charge is 0.450 e. The molecule has 0 N–H and O–H groups in total. The Labute approximate surface area is 100 Å². The zero-order chi connectivity index (χ0) is 13.1. The van der Waals surface area contributed by atoms with Crippen molar-refractivity contribution in [2.75, 3.05) is 0 Å². The first kappa shape index (κ1) is 14.3. The van der Waals surface area contributed by atoms with Crippen LogP contribution in [0, 0.1) is 17.8 Å². The lowest BCUT2D eigenvalue weighted by Gasteiger charge is -2.20. The Kier molecular flexibility index (Phi) is 4.78. The molecule has 0 aliphatic heterocycles. The average Bonchev–Trinajstić information content (AvgIpc) is 2.50. The molecule has 1 rings (SSSR count). The highest BCUT2D eigenvalue weighted by atomic mass is 19.4. The van der Waals surface area contributed by atoms with Crippen molar-refractivity contribution < 1.29 is 18.0 Å². The van der Waals surface area contributed by atoms with E-state index in [-0.39, 0.29) is 5.92 Å². The third kappa shape index (κ3) is 3.86. The number of hydrogen-bond acceptors (Lipinski definition) is 1. The third-order valence-electron chi connectivity index (χ3n) is 3.67. The second kappa shape index (κ2) is 5.69. The highest BCUT2D eigenvalue weighted by Crippen LogP contribution is 2.32. The SMILES string of the molecule is CCC1CC=CC(C(C)C(=O)C(F)(F)F)CC1. The zero-order valence-corrected chi connectivity index (χ0v) is 10.3. The number of halogens is 3. The standard InChI is InChI=1S/C13H19F3O/c1-3-10-5-4-6-11(8-7-10)9(2)12(17)13(14,15)16/h4,6,9-11H,3,5,7-8H2,1-2H3. The predicted octanol–water partition coefficient (Wildman–Crippen LogP) is 4.14. The van der Waals surface area contributed by atoms with E-state index in [1.807, 2.05) is 6.08 Å². The maximum Gasteiger partial charge on any atom is 0.450 e. The Morgan fingerprint density at radius 3 is 2.59 bits per heavy atom. The van der Waals surface area contributed by atoms with Crippen LogP contribution in [0.4, 0.5) is 13.2 Å². The number of carbonyl (C=O) groups excluding carboxylic acids is 1. The minimum absolute atomic E-state index is 0.263. The van der Waals surface area contributed by atoms with Crippen LogP contribution in [0.5, 0.6) is 0 Å². The van der Waals surface area contributed by atoms with Crippen LogP contribution in [0.3, 0.4) is 0 Å². The van der Waals surface area contributed by atoms with Crippen LogP contribution in [0.15, 0.2) is 12.2 Å². The lowest BCUT2D eigenvalue weighted by atomic mass is 9.85. The van der Waals surface area contributed by atoms with Crippen molar-refractivity contribution >= 4 is 5.78 Å². The summed E-state index contributed by atoms with van der Waals surface area (Å²) in [7, 11) is 0. The van der Waals surface area contributed by atoms with Crippen LogP contribution in [0.25, 0.3) is 0 Å². The van der Waals surface area contributed by atoms with Gasteiger partial charge in [-0.15, -0.1) is 0 Å². The summed E-state index contributed by atoms with van der Waals surface area (Å²) >= 11 is 0. The highest BCUT2D eigenvalue weighted by Gasteiger charge is 2.43. The van der Waals surface area contributed by atoms with Crippen molar-refractivity contribution in [3.63, 3.8) is 0 Å². The smallest absolute Gasteiger partial charge is 0.289 e. The van der Waals surface area contributed by atoms with Gasteiger partial charge in [0.1, 0.15) is 0 Å². The molecule has 0 saturated carbocycles. The Bertz CT molecular complexity index is 294. The number of alkyl halides is 3. The first-order valence-corrected chi connectivity index (χ1v) is 6.14. The summed E-state index contributed by atoms with van der Waals surface area (Å²) < 4.78 is 37.0. The predicted molar refractivity (Wildman–Crippen MR) is 60.5 cm³/mol. The van der Waals surface area contributed by atoms with Crippen LogP contribution in [-0.4, -0.2) is 12.0 Å². The van der Waals surface area contributed by atoms with E-state index >= 15 is 0 Å². The summed E-state index contributed by atoms with van der Waals surface area (Å²) in [6, 6.07) is 0. The molecule has 3 unspecified atom stereocenters. The molecule has 98 valence electrons. The molecule has 1 aliphatic rings. The molecule has 0 aromatic rings. The molecule has 0 saturated heterocycles. The van der Waals surface area contributed by atoms with Gasteiger partial charge in [0, 0.05) is 5.92 Å². The number of carbonyl (C=O) groups is 1. The van der Waals surface area contributed by atoms with Crippen molar-refractivity contribution in [2.45, 2.75) is 45.7 Å². The van der Waals surface area contributed by atoms with Crippen LogP contribution in [0.2, 0.25) is 0 Å². The third-order valence-corrected chi connectivity index (χ3v) is 3.67. The first-order chi connectivity index (χ1) is 7.86. The second-order valence-corrected chi connectivity index (χ2v) is 4.83. The van der Waals surface area contributed by atoms with Gasteiger partial charge < -0.3 is 0 Å². The van der Waals surface area contributed by atoms with Crippen molar-refractivity contribution in [3.8, 4) is 0 Å². The number of allylic oxidation sites excluding steroid dienone is 2. The van der Waals surface area contributed by atoms with Gasteiger partial charge in [-0.2, -0.15) is 13.2 Å². The molecule has 0 fully saturated rings. The van der Waals surface area contributed by atoms with Crippen molar-refractivity contribution in [1.82, 2.24) is 0 Å². The zero-order valence-electron chi connectivity index (χ0n) is 10.3. The maximum absolute atomic E-state index is 12.3. The maximum atomic E-state index is 12.3. The second-order valence-electron chi connectivity index (χ2n) is 4.83. The van der Waals surface area contributed by atoms with E-state index in [1.54, 1.807) is 6.08 Å². The van der Waals surface area contributed by atoms with Crippen molar-refractivity contribution in [1.29, 1.82) is 0 Å². The lowest BCUT2D eigenvalue weighted by Crippen LogP contribution is -2.32. The van der Waals surface area contributed by atoms with Gasteiger partial charge in [-0.1, -0.05) is 32.4 Å². The average molecular weight is 248 g/mol. The first-order valence-electron chi connectivity index (χ1n) is 6.14. The Morgan fingerprint density at radius 2 is 2.06 bits per heavy atom. The summed E-state index contributed by atoms with van der Waals surface area (Å²) in [5, 5.41) is 0. The van der Waals surface area contributed by atoms with Gasteiger partial charge in [-0.05, 0) is 31.1 Å². The summed E-state index contributed by atoms with van der Waals surface area (Å²) in [4.78, 5) is 11.2. The minimum Gasteiger partial charge on any atom is -0.289 e. The molecule has 1 aliphatic carbocycles. The molecule has 3 atom stereocenters. The normalized spacial score (nSPS) is 27.6. The number of Topliss-reactive ketones (excluding diaryl/α,β-unsaturated/α-hetero) is 1. The molecule has 0 aromatic heterocycles. The fraction of sp³-hybridized carbons (Fsp3) is 0.769. The van der Waals surface area contributed by atoms with Crippen LogP contribution >= 0.6 is 0 Å². The van der Waals surface area contributed by atoms with E-state index in [9.17, 15) is 18.0 Å². The van der Waals surface area contributed by atoms with E-state index in [0.717, 1.165) is 19.3 Å². The lowest BCUT2D eigenvalue weighted by molar-refractivity contribution is -0.176. The number of rotatable bonds is 3. The fourth-order valence-corrected chi connectivity index (χ4v) is 2.33. The minimum atomic E-state index is -4.70. The Morgan fingerprint density at radius 1 is 1.41 bits per heavy atom. The van der Waals surface area contributed by atoms with E-state index in [4.69, 9.17) is 0 Å². The molecule has 17 heavy (non-hydrogen) atoms. The monoisotopic (exact) mass is 248 g/mol. The van der Waals surface area contributed by atoms with Crippen LogP contribution < -0.4 is 0 Å². The molecule has 0 heterocycles. The van der Waals surface area contributed by atoms with Gasteiger partial charge in [-0.25, -0.2) is 0 Å². The van der Waals surface area contributed by atoms with E-state index in [0.29, 0.717) is 12.3 Å². The van der Waals surface area contributed by atoms with Gasteiger partial charge in [0.15, 0.2) is 0 Å². The quantitative estimate of drug-likeness (QED) is 0.686. The summed E-state index contributed by atoms with van der Waals surface area (Å²) in [5.74, 6) is -2.27. The molecule has 0 amide bonds. The molecule has 4 heteroatoms. The van der Waals surface area contributed by atoms with Gasteiger partial charge in [-0.3, -0.25) is 4.79 Å². The molecule has 0 aromatic carbocycles. The topological polar surface area (TPSA) is 17.1 Å². The highest BCUT2D eigenvalue weighted by molar-refractivity contribution is 5.86. The Balaban J connectivity index is 2.65. The van der Waals surface area contributed by atoms with Crippen molar-refractivity contribution in [3.05, 3.63) is 12.2 Å². The Hall–Kier alpha value is -0.800. The van der Waals surface area contributed by atoms with E-state index < -0.39 is 17.9 Å². The number of hydrogen-bond donors (Lipinski definition) is 0. The summed E-state index contributed by atoms with van der Waals surface area (Å²) in [6.07, 6.45) is 2.57. The number of ketones is 1. The van der Waals surface area contributed by atoms with Crippen LogP contribution in [-0.2, 0) is 4.79 Å². The summed E-state index contributed by atoms with van der Waals surface area (Å²) in [6.45, 7) is 3.47.